The molecule has 172 valence electrons. The van der Waals surface area contributed by atoms with E-state index in [-0.39, 0.29) is 6.03 Å². The molecule has 0 unspecified atom stereocenters. The highest BCUT2D eigenvalue weighted by Crippen LogP contribution is 2.39. The Kier molecular flexibility index (Phi) is 7.55. The van der Waals surface area contributed by atoms with Gasteiger partial charge in [-0.1, -0.05) is 80.1 Å². The van der Waals surface area contributed by atoms with Crippen molar-refractivity contribution in [3.63, 3.8) is 0 Å². The van der Waals surface area contributed by atoms with Gasteiger partial charge in [0.25, 0.3) is 0 Å². The molecule has 0 saturated heterocycles. The van der Waals surface area contributed by atoms with Crippen molar-refractivity contribution in [1.82, 2.24) is 4.90 Å². The number of hydrogen-bond donors (Lipinski definition) is 1. The lowest BCUT2D eigenvalue weighted by Gasteiger charge is -2.40. The SMILES string of the molecule is Cc1cc(C)c(NC(=O)N(Cc2ccccc2)C2CCC(C3CCCCC3)CC2)c(C)c1. The van der Waals surface area contributed by atoms with E-state index in [1.165, 1.54) is 56.1 Å². The molecule has 2 aliphatic rings. The van der Waals surface area contributed by atoms with Gasteiger partial charge in [0.15, 0.2) is 0 Å². The predicted molar refractivity (Wildman–Crippen MR) is 134 cm³/mol. The second-order valence-corrected chi connectivity index (χ2v) is 10.3. The van der Waals surface area contributed by atoms with Gasteiger partial charge in [0.05, 0.1) is 0 Å². The first kappa shape index (κ1) is 22.9. The van der Waals surface area contributed by atoms with Crippen molar-refractivity contribution in [2.45, 2.75) is 91.1 Å². The zero-order chi connectivity index (χ0) is 22.5. The van der Waals surface area contributed by atoms with Gasteiger partial charge in [-0.2, -0.15) is 0 Å². The first-order valence-corrected chi connectivity index (χ1v) is 12.7. The topological polar surface area (TPSA) is 32.3 Å². The Morgan fingerprint density at radius 1 is 0.844 bits per heavy atom. The van der Waals surface area contributed by atoms with Crippen molar-refractivity contribution in [1.29, 1.82) is 0 Å². The van der Waals surface area contributed by atoms with E-state index in [1.807, 2.05) is 6.07 Å². The molecule has 0 atom stereocenters. The number of benzene rings is 2. The fourth-order valence-electron chi connectivity index (χ4n) is 6.19. The fraction of sp³-hybridized carbons (Fsp3) is 0.552. The molecule has 2 amide bonds. The minimum Gasteiger partial charge on any atom is -0.317 e. The molecule has 2 aromatic rings. The molecule has 3 nitrogen and oxygen atoms in total. The Morgan fingerprint density at radius 3 is 2.06 bits per heavy atom. The van der Waals surface area contributed by atoms with Gasteiger partial charge in [-0.05, 0) is 75.0 Å². The van der Waals surface area contributed by atoms with Crippen LogP contribution in [0.5, 0.6) is 0 Å². The van der Waals surface area contributed by atoms with Gasteiger partial charge in [-0.15, -0.1) is 0 Å². The molecule has 3 heteroatoms. The van der Waals surface area contributed by atoms with E-state index in [1.54, 1.807) is 0 Å². The van der Waals surface area contributed by atoms with Crippen LogP contribution in [-0.2, 0) is 6.54 Å². The number of amides is 2. The van der Waals surface area contributed by atoms with Crippen molar-refractivity contribution in [2.24, 2.45) is 11.8 Å². The van der Waals surface area contributed by atoms with Crippen molar-refractivity contribution in [3.05, 3.63) is 64.7 Å². The molecule has 2 saturated carbocycles. The van der Waals surface area contributed by atoms with Crippen LogP contribution in [0.1, 0.15) is 80.0 Å². The third kappa shape index (κ3) is 5.54. The molecular formula is C29H40N2O. The summed E-state index contributed by atoms with van der Waals surface area (Å²) in [6.07, 6.45) is 11.9. The van der Waals surface area contributed by atoms with E-state index in [2.05, 4.69) is 67.4 Å². The molecule has 2 aliphatic carbocycles. The highest BCUT2D eigenvalue weighted by atomic mass is 16.2. The summed E-state index contributed by atoms with van der Waals surface area (Å²) >= 11 is 0. The van der Waals surface area contributed by atoms with Crippen LogP contribution in [0.4, 0.5) is 10.5 Å². The Labute approximate surface area is 194 Å². The summed E-state index contributed by atoms with van der Waals surface area (Å²) < 4.78 is 0. The fourth-order valence-corrected chi connectivity index (χ4v) is 6.19. The van der Waals surface area contributed by atoms with Crippen LogP contribution in [0.25, 0.3) is 0 Å². The lowest BCUT2D eigenvalue weighted by molar-refractivity contribution is 0.120. The smallest absolute Gasteiger partial charge is 0.317 e. The van der Waals surface area contributed by atoms with Crippen LogP contribution in [0.3, 0.4) is 0 Å². The van der Waals surface area contributed by atoms with E-state index < -0.39 is 0 Å². The molecule has 0 aliphatic heterocycles. The number of aryl methyl sites for hydroxylation is 3. The van der Waals surface area contributed by atoms with Crippen LogP contribution in [0.15, 0.2) is 42.5 Å². The standard InChI is InChI=1S/C29H40N2O/c1-21-18-22(2)28(23(3)19-21)30-29(32)31(20-24-10-6-4-7-11-24)27-16-14-26(15-17-27)25-12-8-5-9-13-25/h4,6-7,10-11,18-19,25-27H,5,8-9,12-17,20H2,1-3H3,(H,30,32). The number of anilines is 1. The van der Waals surface area contributed by atoms with Gasteiger partial charge in [-0.25, -0.2) is 4.79 Å². The van der Waals surface area contributed by atoms with Crippen molar-refractivity contribution in [3.8, 4) is 0 Å². The molecular weight excluding hydrogens is 392 g/mol. The molecule has 0 bridgehead atoms. The number of hydrogen-bond acceptors (Lipinski definition) is 1. The molecule has 2 fully saturated rings. The van der Waals surface area contributed by atoms with E-state index in [4.69, 9.17) is 0 Å². The minimum atomic E-state index is 0.0463. The van der Waals surface area contributed by atoms with Crippen LogP contribution in [-0.4, -0.2) is 17.0 Å². The van der Waals surface area contributed by atoms with Gasteiger partial charge < -0.3 is 10.2 Å². The first-order valence-electron chi connectivity index (χ1n) is 12.7. The van der Waals surface area contributed by atoms with Gasteiger partial charge in [0.2, 0.25) is 0 Å². The van der Waals surface area contributed by atoms with Crippen molar-refractivity contribution < 1.29 is 4.79 Å². The molecule has 2 aromatic carbocycles. The quantitative estimate of drug-likeness (QED) is 0.514. The van der Waals surface area contributed by atoms with Crippen LogP contribution in [0, 0.1) is 32.6 Å². The molecule has 0 heterocycles. The largest absolute Gasteiger partial charge is 0.322 e. The number of nitrogens with zero attached hydrogens (tertiary/aromatic N) is 1. The third-order valence-electron chi connectivity index (χ3n) is 7.86. The molecule has 1 N–H and O–H groups in total. The first-order chi connectivity index (χ1) is 15.5. The van der Waals surface area contributed by atoms with Gasteiger partial charge in [0, 0.05) is 18.3 Å². The number of nitrogens with one attached hydrogen (secondary N) is 1. The second kappa shape index (κ2) is 10.6. The summed E-state index contributed by atoms with van der Waals surface area (Å²) in [6, 6.07) is 15.1. The number of urea groups is 1. The van der Waals surface area contributed by atoms with E-state index in [0.29, 0.717) is 12.6 Å². The Balaban J connectivity index is 1.48. The second-order valence-electron chi connectivity index (χ2n) is 10.3. The summed E-state index contributed by atoms with van der Waals surface area (Å²) in [6.45, 7) is 6.96. The Morgan fingerprint density at radius 2 is 1.44 bits per heavy atom. The van der Waals surface area contributed by atoms with Gasteiger partial charge >= 0.3 is 6.03 Å². The third-order valence-corrected chi connectivity index (χ3v) is 7.86. The summed E-state index contributed by atoms with van der Waals surface area (Å²) in [5.41, 5.74) is 5.68. The Hall–Kier alpha value is -2.29. The zero-order valence-electron chi connectivity index (χ0n) is 20.2. The highest BCUT2D eigenvalue weighted by Gasteiger charge is 2.33. The lowest BCUT2D eigenvalue weighted by Crippen LogP contribution is -2.44. The van der Waals surface area contributed by atoms with Gasteiger partial charge in [-0.3, -0.25) is 0 Å². The zero-order valence-corrected chi connectivity index (χ0v) is 20.2. The molecule has 4 rings (SSSR count). The average molecular weight is 433 g/mol. The summed E-state index contributed by atoms with van der Waals surface area (Å²) in [5.74, 6) is 1.80. The summed E-state index contributed by atoms with van der Waals surface area (Å²) in [5, 5.41) is 3.28. The maximum absolute atomic E-state index is 13.6. The van der Waals surface area contributed by atoms with E-state index in [0.717, 1.165) is 41.5 Å². The summed E-state index contributed by atoms with van der Waals surface area (Å²) in [4.78, 5) is 15.7. The molecule has 0 spiro atoms. The maximum Gasteiger partial charge on any atom is 0.322 e. The van der Waals surface area contributed by atoms with Crippen LogP contribution >= 0.6 is 0 Å². The number of carbonyl (C=O) groups is 1. The maximum atomic E-state index is 13.6. The van der Waals surface area contributed by atoms with E-state index in [9.17, 15) is 4.79 Å². The van der Waals surface area contributed by atoms with E-state index >= 15 is 0 Å². The lowest BCUT2D eigenvalue weighted by atomic mass is 9.72. The van der Waals surface area contributed by atoms with Crippen LogP contribution in [0.2, 0.25) is 0 Å². The summed E-state index contributed by atoms with van der Waals surface area (Å²) in [7, 11) is 0. The molecule has 0 aromatic heterocycles. The predicted octanol–water partition coefficient (Wildman–Crippen LogP) is 7.79. The Bertz CT molecular complexity index is 870. The van der Waals surface area contributed by atoms with Crippen LogP contribution < -0.4 is 5.32 Å². The minimum absolute atomic E-state index is 0.0463. The molecule has 0 radical (unpaired) electrons. The van der Waals surface area contributed by atoms with Crippen molar-refractivity contribution in [2.75, 3.05) is 5.32 Å². The monoisotopic (exact) mass is 432 g/mol. The molecule has 32 heavy (non-hydrogen) atoms. The number of carbonyl (C=O) groups excluding carboxylic acids is 1. The van der Waals surface area contributed by atoms with Crippen molar-refractivity contribution >= 4 is 11.7 Å². The average Bonchev–Trinajstić information content (AvgIpc) is 2.81. The highest BCUT2D eigenvalue weighted by molar-refractivity contribution is 5.91. The normalized spacial score (nSPS) is 21.8. The number of rotatable bonds is 5. The van der Waals surface area contributed by atoms with Gasteiger partial charge in [0.1, 0.15) is 0 Å².